The molecule has 0 radical (unpaired) electrons. The molecule has 3 rings (SSSR count). The zero-order valence-corrected chi connectivity index (χ0v) is 11.5. The number of hydrogen-bond donors (Lipinski definition) is 1. The van der Waals surface area contributed by atoms with Crippen LogP contribution in [0.3, 0.4) is 0 Å². The molecule has 110 valence electrons. The number of aryl methyl sites for hydroxylation is 1. The van der Waals surface area contributed by atoms with Crippen molar-refractivity contribution in [3.63, 3.8) is 0 Å². The van der Waals surface area contributed by atoms with Crippen molar-refractivity contribution in [2.75, 3.05) is 0 Å². The molecule has 2 atom stereocenters. The Morgan fingerprint density at radius 3 is 2.57 bits per heavy atom. The summed E-state index contributed by atoms with van der Waals surface area (Å²) in [5, 5.41) is 0. The first kappa shape index (κ1) is 14.1. The molecule has 2 unspecified atom stereocenters. The Morgan fingerprint density at radius 1 is 1.00 bits per heavy atom. The van der Waals surface area contributed by atoms with E-state index in [1.54, 1.807) is 0 Å². The van der Waals surface area contributed by atoms with Gasteiger partial charge in [0.2, 0.25) is 0 Å². The Bertz CT molecular complexity index is 669. The quantitative estimate of drug-likeness (QED) is 0.824. The highest BCUT2D eigenvalue weighted by atomic mass is 19.2. The summed E-state index contributed by atoms with van der Waals surface area (Å²) in [5.41, 5.74) is 8.50. The van der Waals surface area contributed by atoms with E-state index in [4.69, 9.17) is 5.73 Å². The average molecular weight is 291 g/mol. The van der Waals surface area contributed by atoms with Crippen molar-refractivity contribution in [1.29, 1.82) is 0 Å². The second-order valence-electron chi connectivity index (χ2n) is 5.49. The van der Waals surface area contributed by atoms with E-state index in [-0.39, 0.29) is 11.5 Å². The van der Waals surface area contributed by atoms with E-state index in [2.05, 4.69) is 0 Å². The van der Waals surface area contributed by atoms with Gasteiger partial charge in [0.15, 0.2) is 17.5 Å². The molecule has 0 aromatic heterocycles. The van der Waals surface area contributed by atoms with E-state index in [0.717, 1.165) is 30.9 Å². The zero-order valence-electron chi connectivity index (χ0n) is 11.5. The summed E-state index contributed by atoms with van der Waals surface area (Å²) in [5.74, 6) is -3.89. The largest absolute Gasteiger partial charge is 0.323 e. The van der Waals surface area contributed by atoms with E-state index >= 15 is 0 Å². The maximum Gasteiger partial charge on any atom is 0.194 e. The number of rotatable bonds is 2. The highest BCUT2D eigenvalue weighted by Crippen LogP contribution is 2.40. The third-order valence-corrected chi connectivity index (χ3v) is 4.27. The van der Waals surface area contributed by atoms with E-state index < -0.39 is 23.5 Å². The van der Waals surface area contributed by atoms with Crippen LogP contribution in [0, 0.1) is 17.5 Å². The van der Waals surface area contributed by atoms with Crippen LogP contribution < -0.4 is 5.73 Å². The maximum atomic E-state index is 13.9. The molecule has 0 spiro atoms. The zero-order chi connectivity index (χ0) is 15.0. The number of fused-ring (bicyclic) bond motifs is 1. The van der Waals surface area contributed by atoms with Gasteiger partial charge in [0.25, 0.3) is 0 Å². The lowest BCUT2D eigenvalue weighted by molar-refractivity contribution is 0.415. The Balaban J connectivity index is 2.01. The molecular formula is C17H16F3N. The Hall–Kier alpha value is -1.81. The molecule has 2 N–H and O–H groups in total. The van der Waals surface area contributed by atoms with Crippen molar-refractivity contribution >= 4 is 0 Å². The van der Waals surface area contributed by atoms with Gasteiger partial charge in [-0.05, 0) is 36.5 Å². The average Bonchev–Trinajstić information content (AvgIpc) is 2.51. The normalized spacial score (nSPS) is 19.1. The van der Waals surface area contributed by atoms with Crippen molar-refractivity contribution in [3.8, 4) is 0 Å². The topological polar surface area (TPSA) is 26.0 Å². The molecule has 0 aliphatic heterocycles. The molecule has 0 heterocycles. The van der Waals surface area contributed by atoms with Crippen molar-refractivity contribution in [2.24, 2.45) is 5.73 Å². The maximum absolute atomic E-state index is 13.9. The molecular weight excluding hydrogens is 275 g/mol. The summed E-state index contributed by atoms with van der Waals surface area (Å²) in [4.78, 5) is 0. The van der Waals surface area contributed by atoms with Crippen LogP contribution in [0.5, 0.6) is 0 Å². The molecule has 2 aromatic rings. The smallest absolute Gasteiger partial charge is 0.194 e. The monoisotopic (exact) mass is 291 g/mol. The fourth-order valence-corrected chi connectivity index (χ4v) is 3.18. The number of nitrogens with two attached hydrogens (primary N) is 1. The highest BCUT2D eigenvalue weighted by Gasteiger charge is 2.29. The summed E-state index contributed by atoms with van der Waals surface area (Å²) in [6.45, 7) is 0. The first-order valence-electron chi connectivity index (χ1n) is 7.06. The Labute approximate surface area is 121 Å². The summed E-state index contributed by atoms with van der Waals surface area (Å²) in [6, 6.07) is 9.41. The molecule has 0 bridgehead atoms. The SMILES string of the molecule is NC(c1ccc(F)c(F)c1F)C1CCCc2ccccc21. The fraction of sp³-hybridized carbons (Fsp3) is 0.294. The van der Waals surface area contributed by atoms with Crippen LogP contribution in [0.25, 0.3) is 0 Å². The van der Waals surface area contributed by atoms with Crippen LogP contribution >= 0.6 is 0 Å². The van der Waals surface area contributed by atoms with Gasteiger partial charge < -0.3 is 5.73 Å². The van der Waals surface area contributed by atoms with Crippen molar-refractivity contribution in [3.05, 3.63) is 70.5 Å². The highest BCUT2D eigenvalue weighted by molar-refractivity contribution is 5.36. The van der Waals surface area contributed by atoms with E-state index in [1.165, 1.54) is 11.6 Å². The van der Waals surface area contributed by atoms with Crippen molar-refractivity contribution in [2.45, 2.75) is 31.2 Å². The molecule has 0 saturated carbocycles. The second kappa shape index (κ2) is 5.53. The van der Waals surface area contributed by atoms with Gasteiger partial charge in [-0.2, -0.15) is 0 Å². The summed E-state index contributed by atoms with van der Waals surface area (Å²) in [6.07, 6.45) is 2.75. The Kier molecular flexibility index (Phi) is 3.72. The third-order valence-electron chi connectivity index (χ3n) is 4.27. The van der Waals surface area contributed by atoms with Crippen LogP contribution in [0.15, 0.2) is 36.4 Å². The van der Waals surface area contributed by atoms with Gasteiger partial charge in [0, 0.05) is 17.5 Å². The fourth-order valence-electron chi connectivity index (χ4n) is 3.18. The predicted molar refractivity (Wildman–Crippen MR) is 75.4 cm³/mol. The molecule has 1 aliphatic rings. The lowest BCUT2D eigenvalue weighted by atomic mass is 9.77. The number of benzene rings is 2. The Morgan fingerprint density at radius 2 is 1.76 bits per heavy atom. The molecule has 0 amide bonds. The van der Waals surface area contributed by atoms with Crippen LogP contribution in [-0.4, -0.2) is 0 Å². The molecule has 4 heteroatoms. The molecule has 1 aliphatic carbocycles. The van der Waals surface area contributed by atoms with Crippen molar-refractivity contribution < 1.29 is 13.2 Å². The second-order valence-corrected chi connectivity index (χ2v) is 5.49. The van der Waals surface area contributed by atoms with Gasteiger partial charge in [-0.1, -0.05) is 30.3 Å². The van der Waals surface area contributed by atoms with Gasteiger partial charge in [-0.3, -0.25) is 0 Å². The van der Waals surface area contributed by atoms with E-state index in [9.17, 15) is 13.2 Å². The van der Waals surface area contributed by atoms with Gasteiger partial charge in [-0.15, -0.1) is 0 Å². The summed E-state index contributed by atoms with van der Waals surface area (Å²) >= 11 is 0. The van der Waals surface area contributed by atoms with Gasteiger partial charge in [-0.25, -0.2) is 13.2 Å². The lowest BCUT2D eigenvalue weighted by Gasteiger charge is -2.30. The minimum Gasteiger partial charge on any atom is -0.323 e. The number of hydrogen-bond acceptors (Lipinski definition) is 1. The van der Waals surface area contributed by atoms with E-state index in [0.29, 0.717) is 0 Å². The van der Waals surface area contributed by atoms with Crippen LogP contribution in [0.1, 0.15) is 41.5 Å². The minimum absolute atomic E-state index is 0.0376. The first-order chi connectivity index (χ1) is 10.1. The van der Waals surface area contributed by atoms with Crippen LogP contribution in [-0.2, 0) is 6.42 Å². The summed E-state index contributed by atoms with van der Waals surface area (Å²) < 4.78 is 40.4. The lowest BCUT2D eigenvalue weighted by Crippen LogP contribution is -2.25. The standard InChI is InChI=1S/C17H16F3N/c18-14-9-8-13(15(19)16(14)20)17(21)12-7-3-5-10-4-1-2-6-11(10)12/h1-2,4,6,8-9,12,17H,3,5,7,21H2. The molecule has 21 heavy (non-hydrogen) atoms. The summed E-state index contributed by atoms with van der Waals surface area (Å²) in [7, 11) is 0. The van der Waals surface area contributed by atoms with Gasteiger partial charge in [0.05, 0.1) is 0 Å². The third kappa shape index (κ3) is 2.44. The van der Waals surface area contributed by atoms with Crippen LogP contribution in [0.4, 0.5) is 13.2 Å². The minimum atomic E-state index is -1.45. The van der Waals surface area contributed by atoms with Crippen molar-refractivity contribution in [1.82, 2.24) is 0 Å². The molecule has 0 saturated heterocycles. The molecule has 2 aromatic carbocycles. The molecule has 1 nitrogen and oxygen atoms in total. The van der Waals surface area contributed by atoms with Crippen LogP contribution in [0.2, 0.25) is 0 Å². The first-order valence-corrected chi connectivity index (χ1v) is 7.06. The van der Waals surface area contributed by atoms with E-state index in [1.807, 2.05) is 24.3 Å². The number of halogens is 3. The molecule has 0 fully saturated rings. The predicted octanol–water partition coefficient (Wildman–Crippen LogP) is 4.22. The van der Waals surface area contributed by atoms with Gasteiger partial charge >= 0.3 is 0 Å². The van der Waals surface area contributed by atoms with Gasteiger partial charge in [0.1, 0.15) is 0 Å².